The highest BCUT2D eigenvalue weighted by Crippen LogP contribution is 2.19. The molecule has 2 N–H and O–H groups in total. The maximum atomic E-state index is 6.05. The predicted molar refractivity (Wildman–Crippen MR) is 57.7 cm³/mol. The Kier molecular flexibility index (Phi) is 2.17. The zero-order valence-electron chi connectivity index (χ0n) is 7.74. The molecule has 0 spiro atoms. The van der Waals surface area contributed by atoms with E-state index < -0.39 is 0 Å². The normalized spacial score (nSPS) is 10.4. The SMILES string of the molecule is Cc1ncn(-c2ccc(N)cc2)c1Cl. The second kappa shape index (κ2) is 3.35. The van der Waals surface area contributed by atoms with Gasteiger partial charge in [0, 0.05) is 11.4 Å². The summed E-state index contributed by atoms with van der Waals surface area (Å²) in [6, 6.07) is 7.48. The van der Waals surface area contributed by atoms with Crippen LogP contribution >= 0.6 is 11.6 Å². The zero-order valence-corrected chi connectivity index (χ0v) is 8.49. The molecule has 0 fully saturated rings. The third-order valence-electron chi connectivity index (χ3n) is 2.05. The van der Waals surface area contributed by atoms with Gasteiger partial charge in [-0.05, 0) is 31.2 Å². The Bertz CT molecular complexity index is 445. The van der Waals surface area contributed by atoms with E-state index in [-0.39, 0.29) is 0 Å². The Hall–Kier alpha value is -1.48. The molecule has 1 aromatic carbocycles. The van der Waals surface area contributed by atoms with Gasteiger partial charge in [0.25, 0.3) is 0 Å². The van der Waals surface area contributed by atoms with E-state index in [1.54, 1.807) is 6.33 Å². The molecule has 72 valence electrons. The Balaban J connectivity index is 2.49. The number of halogens is 1. The van der Waals surface area contributed by atoms with Crippen molar-refractivity contribution in [2.75, 3.05) is 5.73 Å². The summed E-state index contributed by atoms with van der Waals surface area (Å²) in [5, 5.41) is 0.634. The van der Waals surface area contributed by atoms with E-state index in [1.807, 2.05) is 35.8 Å². The lowest BCUT2D eigenvalue weighted by Gasteiger charge is -2.03. The molecule has 1 aromatic heterocycles. The summed E-state index contributed by atoms with van der Waals surface area (Å²) in [5.74, 6) is 0. The number of aromatic nitrogens is 2. The lowest BCUT2D eigenvalue weighted by Crippen LogP contribution is -1.92. The number of nitrogens with two attached hydrogens (primary N) is 1. The lowest BCUT2D eigenvalue weighted by molar-refractivity contribution is 1.06. The van der Waals surface area contributed by atoms with Gasteiger partial charge in [0.15, 0.2) is 0 Å². The van der Waals surface area contributed by atoms with Gasteiger partial charge in [0.2, 0.25) is 0 Å². The van der Waals surface area contributed by atoms with E-state index in [0.717, 1.165) is 17.1 Å². The fourth-order valence-electron chi connectivity index (χ4n) is 1.24. The summed E-state index contributed by atoms with van der Waals surface area (Å²) in [5.41, 5.74) is 8.11. The maximum absolute atomic E-state index is 6.05. The van der Waals surface area contributed by atoms with E-state index in [0.29, 0.717) is 5.15 Å². The van der Waals surface area contributed by atoms with Gasteiger partial charge >= 0.3 is 0 Å². The molecule has 3 nitrogen and oxygen atoms in total. The van der Waals surface area contributed by atoms with Crippen LogP contribution in [0.1, 0.15) is 5.69 Å². The summed E-state index contributed by atoms with van der Waals surface area (Å²) in [6.07, 6.45) is 1.70. The van der Waals surface area contributed by atoms with Crippen LogP contribution in [0.3, 0.4) is 0 Å². The van der Waals surface area contributed by atoms with Crippen molar-refractivity contribution >= 4 is 17.3 Å². The van der Waals surface area contributed by atoms with E-state index >= 15 is 0 Å². The molecular weight excluding hydrogens is 198 g/mol. The van der Waals surface area contributed by atoms with Crippen molar-refractivity contribution in [2.45, 2.75) is 6.92 Å². The van der Waals surface area contributed by atoms with Crippen LogP contribution in [0.25, 0.3) is 5.69 Å². The number of aryl methyl sites for hydroxylation is 1. The molecule has 1 heterocycles. The minimum Gasteiger partial charge on any atom is -0.399 e. The number of rotatable bonds is 1. The van der Waals surface area contributed by atoms with Gasteiger partial charge in [0.1, 0.15) is 11.5 Å². The molecule has 14 heavy (non-hydrogen) atoms. The highest BCUT2D eigenvalue weighted by molar-refractivity contribution is 6.30. The van der Waals surface area contributed by atoms with E-state index in [9.17, 15) is 0 Å². The summed E-state index contributed by atoms with van der Waals surface area (Å²) >= 11 is 6.05. The molecule has 0 radical (unpaired) electrons. The number of nitrogens with zero attached hydrogens (tertiary/aromatic N) is 2. The summed E-state index contributed by atoms with van der Waals surface area (Å²) in [6.45, 7) is 1.87. The van der Waals surface area contributed by atoms with Crippen molar-refractivity contribution in [3.63, 3.8) is 0 Å². The van der Waals surface area contributed by atoms with Crippen molar-refractivity contribution in [1.29, 1.82) is 0 Å². The number of hydrogen-bond acceptors (Lipinski definition) is 2. The first-order valence-electron chi connectivity index (χ1n) is 4.24. The second-order valence-electron chi connectivity index (χ2n) is 3.08. The quantitative estimate of drug-likeness (QED) is 0.730. The molecule has 2 aromatic rings. The van der Waals surface area contributed by atoms with Crippen LogP contribution in [0.15, 0.2) is 30.6 Å². The molecular formula is C10H10ClN3. The topological polar surface area (TPSA) is 43.8 Å². The van der Waals surface area contributed by atoms with Gasteiger partial charge in [-0.1, -0.05) is 11.6 Å². The van der Waals surface area contributed by atoms with Crippen LogP contribution < -0.4 is 5.73 Å². The Morgan fingerprint density at radius 3 is 2.43 bits per heavy atom. The molecule has 0 atom stereocenters. The number of imidazole rings is 1. The number of hydrogen-bond donors (Lipinski definition) is 1. The molecule has 0 aliphatic carbocycles. The van der Waals surface area contributed by atoms with Crippen LogP contribution in [0.5, 0.6) is 0 Å². The Labute approximate surface area is 87.1 Å². The summed E-state index contributed by atoms with van der Waals surface area (Å²) in [7, 11) is 0. The minimum atomic E-state index is 0.634. The largest absolute Gasteiger partial charge is 0.399 e. The molecule has 0 bridgehead atoms. The summed E-state index contributed by atoms with van der Waals surface area (Å²) < 4.78 is 1.82. The van der Waals surface area contributed by atoms with E-state index in [4.69, 9.17) is 17.3 Å². The molecule has 0 saturated carbocycles. The molecule has 0 aliphatic rings. The number of nitrogen functional groups attached to an aromatic ring is 1. The molecule has 2 rings (SSSR count). The minimum absolute atomic E-state index is 0.634. The highest BCUT2D eigenvalue weighted by atomic mass is 35.5. The van der Waals surface area contributed by atoms with Crippen molar-refractivity contribution in [2.24, 2.45) is 0 Å². The van der Waals surface area contributed by atoms with Crippen LogP contribution in [0.2, 0.25) is 5.15 Å². The third kappa shape index (κ3) is 1.46. The van der Waals surface area contributed by atoms with Crippen molar-refractivity contribution < 1.29 is 0 Å². The average Bonchev–Trinajstić information content (AvgIpc) is 2.50. The fraction of sp³-hybridized carbons (Fsp3) is 0.100. The van der Waals surface area contributed by atoms with E-state index in [1.165, 1.54) is 0 Å². The van der Waals surface area contributed by atoms with Gasteiger partial charge < -0.3 is 5.73 Å². The fourth-order valence-corrected chi connectivity index (χ4v) is 1.43. The summed E-state index contributed by atoms with van der Waals surface area (Å²) in [4.78, 5) is 4.11. The third-order valence-corrected chi connectivity index (χ3v) is 2.50. The second-order valence-corrected chi connectivity index (χ2v) is 3.44. The average molecular weight is 208 g/mol. The number of benzene rings is 1. The monoisotopic (exact) mass is 207 g/mol. The number of anilines is 1. The van der Waals surface area contributed by atoms with E-state index in [2.05, 4.69) is 4.98 Å². The maximum Gasteiger partial charge on any atom is 0.136 e. The van der Waals surface area contributed by atoms with Gasteiger partial charge in [-0.2, -0.15) is 0 Å². The Morgan fingerprint density at radius 1 is 1.29 bits per heavy atom. The predicted octanol–water partition coefficient (Wildman–Crippen LogP) is 2.42. The molecule has 0 aliphatic heterocycles. The lowest BCUT2D eigenvalue weighted by atomic mass is 10.3. The first kappa shape index (κ1) is 9.09. The van der Waals surface area contributed by atoms with Gasteiger partial charge in [-0.3, -0.25) is 4.57 Å². The van der Waals surface area contributed by atoms with Gasteiger partial charge in [0.05, 0.1) is 5.69 Å². The van der Waals surface area contributed by atoms with Crippen molar-refractivity contribution in [1.82, 2.24) is 9.55 Å². The van der Waals surface area contributed by atoms with Crippen molar-refractivity contribution in [3.8, 4) is 5.69 Å². The van der Waals surface area contributed by atoms with Crippen LogP contribution in [-0.4, -0.2) is 9.55 Å². The van der Waals surface area contributed by atoms with Crippen LogP contribution in [0, 0.1) is 6.92 Å². The van der Waals surface area contributed by atoms with Gasteiger partial charge in [-0.25, -0.2) is 4.98 Å². The molecule has 0 unspecified atom stereocenters. The highest BCUT2D eigenvalue weighted by Gasteiger charge is 2.05. The molecule has 4 heteroatoms. The smallest absolute Gasteiger partial charge is 0.136 e. The molecule has 0 saturated heterocycles. The van der Waals surface area contributed by atoms with Crippen LogP contribution in [0.4, 0.5) is 5.69 Å². The Morgan fingerprint density at radius 2 is 1.93 bits per heavy atom. The standard InChI is InChI=1S/C10H10ClN3/c1-7-10(11)14(6-13-7)9-4-2-8(12)3-5-9/h2-6H,12H2,1H3. The van der Waals surface area contributed by atoms with Crippen molar-refractivity contribution in [3.05, 3.63) is 41.4 Å². The first-order chi connectivity index (χ1) is 6.68. The van der Waals surface area contributed by atoms with Gasteiger partial charge in [-0.15, -0.1) is 0 Å². The molecule has 0 amide bonds. The zero-order chi connectivity index (χ0) is 10.1. The first-order valence-corrected chi connectivity index (χ1v) is 4.61. The van der Waals surface area contributed by atoms with Crippen LogP contribution in [-0.2, 0) is 0 Å².